The average Bonchev–Trinajstić information content (AvgIpc) is 3.39. The quantitative estimate of drug-likeness (QED) is 0.521. The fourth-order valence-electron chi connectivity index (χ4n) is 4.15. The standard InChI is InChI=1S/C22H20N4O5/c23-4-1-5-26-10-13(12-8-17-18(9-15(12)26)31-11-30-17)19-22(27)24-14-2-3-16-21(20(14)25-19)29-7-6-28-16/h2-3,8-10H,1,4-7,11,23H2,(H,24,27). The fraction of sp³-hybridized carbons (Fsp3) is 0.273. The van der Waals surface area contributed by atoms with Crippen molar-refractivity contribution in [1.29, 1.82) is 0 Å². The van der Waals surface area contributed by atoms with Crippen molar-refractivity contribution in [3.63, 3.8) is 0 Å². The third kappa shape index (κ3) is 2.81. The smallest absolute Gasteiger partial charge is 0.275 e. The van der Waals surface area contributed by atoms with Crippen molar-refractivity contribution in [2.24, 2.45) is 5.73 Å². The first-order valence-corrected chi connectivity index (χ1v) is 10.2. The molecule has 0 radical (unpaired) electrons. The number of benzene rings is 2. The molecule has 2 aliphatic heterocycles. The van der Waals surface area contributed by atoms with E-state index in [1.54, 1.807) is 12.1 Å². The summed E-state index contributed by atoms with van der Waals surface area (Å²) in [6.07, 6.45) is 2.74. The maximum atomic E-state index is 13.0. The lowest BCUT2D eigenvalue weighted by Gasteiger charge is -2.19. The highest BCUT2D eigenvalue weighted by Crippen LogP contribution is 2.41. The molecule has 9 nitrogen and oxygen atoms in total. The second kappa shape index (κ2) is 6.92. The van der Waals surface area contributed by atoms with E-state index in [4.69, 9.17) is 29.7 Å². The Balaban J connectivity index is 1.60. The number of nitrogens with zero attached hydrogens (tertiary/aromatic N) is 2. The van der Waals surface area contributed by atoms with E-state index in [1.807, 2.05) is 18.3 Å². The maximum Gasteiger partial charge on any atom is 0.275 e. The van der Waals surface area contributed by atoms with Gasteiger partial charge in [0.05, 0.1) is 11.0 Å². The molecule has 0 bridgehead atoms. The lowest BCUT2D eigenvalue weighted by molar-refractivity contribution is 0.173. The zero-order chi connectivity index (χ0) is 20.9. The zero-order valence-corrected chi connectivity index (χ0v) is 16.6. The number of hydrogen-bond donors (Lipinski definition) is 2. The van der Waals surface area contributed by atoms with Crippen LogP contribution in [0.15, 0.2) is 35.3 Å². The molecular weight excluding hydrogens is 400 g/mol. The molecule has 0 aliphatic carbocycles. The summed E-state index contributed by atoms with van der Waals surface area (Å²) in [5.74, 6) is 2.51. The Labute approximate surface area is 176 Å². The van der Waals surface area contributed by atoms with Gasteiger partial charge < -0.3 is 34.2 Å². The topological polar surface area (TPSA) is 114 Å². The molecule has 0 fully saturated rings. The number of rotatable bonds is 4. The van der Waals surface area contributed by atoms with E-state index in [-0.39, 0.29) is 12.4 Å². The van der Waals surface area contributed by atoms with Gasteiger partial charge in [-0.05, 0) is 31.2 Å². The SMILES string of the molecule is NCCCn1cc(-c2nc3c4c(ccc3[nH]c2=O)OCCO4)c2cc3c(cc21)OCO3. The number of aromatic amines is 1. The van der Waals surface area contributed by atoms with Crippen LogP contribution in [0.1, 0.15) is 6.42 Å². The molecule has 9 heteroatoms. The van der Waals surface area contributed by atoms with Crippen LogP contribution in [0.25, 0.3) is 33.2 Å². The number of hydrogen-bond acceptors (Lipinski definition) is 7. The van der Waals surface area contributed by atoms with E-state index >= 15 is 0 Å². The molecular formula is C22H20N4O5. The summed E-state index contributed by atoms with van der Waals surface area (Å²) in [5.41, 5.74) is 8.57. The van der Waals surface area contributed by atoms with Gasteiger partial charge in [0, 0.05) is 29.8 Å². The molecule has 0 unspecified atom stereocenters. The first-order valence-electron chi connectivity index (χ1n) is 10.2. The van der Waals surface area contributed by atoms with E-state index in [2.05, 4.69) is 9.55 Å². The van der Waals surface area contributed by atoms with Gasteiger partial charge in [0.25, 0.3) is 5.56 Å². The summed E-state index contributed by atoms with van der Waals surface area (Å²) in [4.78, 5) is 20.7. The number of nitrogens with two attached hydrogens (primary N) is 1. The molecule has 3 N–H and O–H groups in total. The highest BCUT2D eigenvalue weighted by molar-refractivity contribution is 5.98. The van der Waals surface area contributed by atoms with Crippen LogP contribution in [0, 0.1) is 0 Å². The molecule has 0 saturated heterocycles. The summed E-state index contributed by atoms with van der Waals surface area (Å²) >= 11 is 0. The molecule has 4 aromatic rings. The molecule has 0 saturated carbocycles. The van der Waals surface area contributed by atoms with Crippen LogP contribution in [-0.2, 0) is 6.54 Å². The van der Waals surface area contributed by atoms with E-state index in [0.29, 0.717) is 71.6 Å². The summed E-state index contributed by atoms with van der Waals surface area (Å²) in [6, 6.07) is 7.40. The highest BCUT2D eigenvalue weighted by Gasteiger charge is 2.23. The number of ether oxygens (including phenoxy) is 4. The predicted molar refractivity (Wildman–Crippen MR) is 114 cm³/mol. The van der Waals surface area contributed by atoms with Gasteiger partial charge >= 0.3 is 0 Å². The number of aromatic nitrogens is 3. The van der Waals surface area contributed by atoms with Crippen LogP contribution in [-0.4, -0.2) is 41.1 Å². The van der Waals surface area contributed by atoms with Gasteiger partial charge in [0.15, 0.2) is 23.0 Å². The molecule has 0 spiro atoms. The third-order valence-corrected chi connectivity index (χ3v) is 5.60. The minimum absolute atomic E-state index is 0.179. The minimum Gasteiger partial charge on any atom is -0.486 e. The van der Waals surface area contributed by atoms with Crippen molar-refractivity contribution in [2.75, 3.05) is 26.6 Å². The summed E-state index contributed by atoms with van der Waals surface area (Å²) in [6.45, 7) is 2.38. The van der Waals surface area contributed by atoms with Gasteiger partial charge in [0.2, 0.25) is 6.79 Å². The van der Waals surface area contributed by atoms with Crippen molar-refractivity contribution >= 4 is 21.9 Å². The number of fused-ring (bicyclic) bond motifs is 5. The van der Waals surface area contributed by atoms with Gasteiger partial charge in [-0.3, -0.25) is 4.79 Å². The molecule has 31 heavy (non-hydrogen) atoms. The summed E-state index contributed by atoms with van der Waals surface area (Å²) < 4.78 is 24.7. The highest BCUT2D eigenvalue weighted by atomic mass is 16.7. The molecule has 2 aromatic heterocycles. The lowest BCUT2D eigenvalue weighted by atomic mass is 10.1. The minimum atomic E-state index is -0.278. The first kappa shape index (κ1) is 18.1. The van der Waals surface area contributed by atoms with E-state index < -0.39 is 0 Å². The zero-order valence-electron chi connectivity index (χ0n) is 16.6. The van der Waals surface area contributed by atoms with E-state index in [9.17, 15) is 4.79 Å². The van der Waals surface area contributed by atoms with Gasteiger partial charge in [-0.1, -0.05) is 0 Å². The second-order valence-electron chi connectivity index (χ2n) is 7.50. The Kier molecular flexibility index (Phi) is 4.03. The second-order valence-corrected chi connectivity index (χ2v) is 7.50. The molecule has 2 aromatic carbocycles. The van der Waals surface area contributed by atoms with Crippen LogP contribution < -0.4 is 30.2 Å². The van der Waals surface area contributed by atoms with Crippen molar-refractivity contribution in [1.82, 2.24) is 14.5 Å². The number of H-pyrrole nitrogens is 1. The van der Waals surface area contributed by atoms with Gasteiger partial charge in [-0.25, -0.2) is 4.98 Å². The molecule has 158 valence electrons. The normalized spacial score (nSPS) is 14.5. The van der Waals surface area contributed by atoms with Crippen LogP contribution in [0.4, 0.5) is 0 Å². The van der Waals surface area contributed by atoms with Crippen LogP contribution in [0.3, 0.4) is 0 Å². The molecule has 2 aliphatic rings. The number of aryl methyl sites for hydroxylation is 1. The van der Waals surface area contributed by atoms with Crippen molar-refractivity contribution in [2.45, 2.75) is 13.0 Å². The largest absolute Gasteiger partial charge is 0.486 e. The third-order valence-electron chi connectivity index (χ3n) is 5.60. The molecule has 6 rings (SSSR count). The van der Waals surface area contributed by atoms with Gasteiger partial charge in [0.1, 0.15) is 24.4 Å². The maximum absolute atomic E-state index is 13.0. The van der Waals surface area contributed by atoms with Crippen molar-refractivity contribution < 1.29 is 18.9 Å². The van der Waals surface area contributed by atoms with Crippen LogP contribution >= 0.6 is 0 Å². The Morgan fingerprint density at radius 3 is 2.77 bits per heavy atom. The molecule has 4 heterocycles. The van der Waals surface area contributed by atoms with E-state index in [0.717, 1.165) is 17.3 Å². The van der Waals surface area contributed by atoms with Crippen molar-refractivity contribution in [3.8, 4) is 34.3 Å². The summed E-state index contributed by atoms with van der Waals surface area (Å²) in [7, 11) is 0. The monoisotopic (exact) mass is 420 g/mol. The molecule has 0 atom stereocenters. The average molecular weight is 420 g/mol. The Morgan fingerprint density at radius 1 is 1.06 bits per heavy atom. The number of nitrogens with one attached hydrogen (secondary N) is 1. The molecule has 0 amide bonds. The van der Waals surface area contributed by atoms with Gasteiger partial charge in [-0.2, -0.15) is 0 Å². The van der Waals surface area contributed by atoms with Crippen LogP contribution in [0.5, 0.6) is 23.0 Å². The Bertz CT molecular complexity index is 1390. The van der Waals surface area contributed by atoms with E-state index in [1.165, 1.54) is 0 Å². The lowest BCUT2D eigenvalue weighted by Crippen LogP contribution is -2.17. The summed E-state index contributed by atoms with van der Waals surface area (Å²) in [5, 5.41) is 0.862. The van der Waals surface area contributed by atoms with Crippen molar-refractivity contribution in [3.05, 3.63) is 40.8 Å². The first-order chi connectivity index (χ1) is 15.2. The Morgan fingerprint density at radius 2 is 1.90 bits per heavy atom. The fourth-order valence-corrected chi connectivity index (χ4v) is 4.15. The predicted octanol–water partition coefficient (Wildman–Crippen LogP) is 2.39. The van der Waals surface area contributed by atoms with Crippen LogP contribution in [0.2, 0.25) is 0 Å². The van der Waals surface area contributed by atoms with Gasteiger partial charge in [-0.15, -0.1) is 0 Å². The Hall–Kier alpha value is -3.72.